The van der Waals surface area contributed by atoms with Gasteiger partial charge in [0.15, 0.2) is 0 Å². The van der Waals surface area contributed by atoms with E-state index in [1.165, 1.54) is 36.0 Å². The van der Waals surface area contributed by atoms with Gasteiger partial charge in [-0.3, -0.25) is 23.8 Å². The zero-order valence-electron chi connectivity index (χ0n) is 31.8. The van der Waals surface area contributed by atoms with Crippen LogP contribution in [-0.2, 0) is 43.1 Å². The van der Waals surface area contributed by atoms with E-state index in [1.807, 2.05) is 12.1 Å². The van der Waals surface area contributed by atoms with Crippen LogP contribution in [0.5, 0.6) is 11.6 Å². The molecule has 2 bridgehead atoms. The fourth-order valence-corrected chi connectivity index (χ4v) is 10.7. The second-order valence-electron chi connectivity index (χ2n) is 15.3. The Bertz CT molecular complexity index is 2150. The van der Waals surface area contributed by atoms with Crippen LogP contribution in [0.2, 0.25) is 5.02 Å². The van der Waals surface area contributed by atoms with Crippen LogP contribution in [0, 0.1) is 17.8 Å². The number of aromatic nitrogens is 2. The van der Waals surface area contributed by atoms with Crippen molar-refractivity contribution in [1.82, 2.24) is 14.5 Å². The van der Waals surface area contributed by atoms with Crippen LogP contribution in [0.1, 0.15) is 71.4 Å². The second-order valence-corrected chi connectivity index (χ2v) is 17.7. The molecule has 2 amide bonds. The van der Waals surface area contributed by atoms with Gasteiger partial charge in [-0.05, 0) is 91.5 Å². The highest BCUT2D eigenvalue weighted by atomic mass is 35.5. The predicted octanol–water partition coefficient (Wildman–Crippen LogP) is 5.69. The molecule has 294 valence electrons. The van der Waals surface area contributed by atoms with Crippen molar-refractivity contribution in [2.45, 2.75) is 63.6 Å². The van der Waals surface area contributed by atoms with Crippen LogP contribution in [-0.4, -0.2) is 83.6 Å². The third-order valence-electron chi connectivity index (χ3n) is 11.5. The third-order valence-corrected chi connectivity index (χ3v) is 13.6. The summed E-state index contributed by atoms with van der Waals surface area (Å²) in [5.41, 5.74) is 3.08. The van der Waals surface area contributed by atoms with E-state index in [2.05, 4.69) is 31.2 Å². The number of nitrogens with zero attached hydrogens (tertiary/aromatic N) is 4. The molecule has 1 fully saturated rings. The smallest absolute Gasteiger partial charge is 0.303 e. The van der Waals surface area contributed by atoms with Gasteiger partial charge in [0.1, 0.15) is 27.3 Å². The Hall–Kier alpha value is -4.40. The minimum Gasteiger partial charge on any atom is -0.490 e. The number of fused-ring (bicyclic) bond motifs is 4. The van der Waals surface area contributed by atoms with Crippen molar-refractivity contribution in [3.05, 3.63) is 82.0 Å². The first-order valence-corrected chi connectivity index (χ1v) is 20.7. The van der Waals surface area contributed by atoms with E-state index >= 15 is 0 Å². The number of carbonyl (C=O) groups excluding carboxylic acids is 3. The molecule has 1 saturated carbocycles. The molecule has 4 aliphatic rings. The topological polar surface area (TPSA) is 151 Å². The minimum absolute atomic E-state index is 0.0166. The molecule has 55 heavy (non-hydrogen) atoms. The van der Waals surface area contributed by atoms with E-state index < -0.39 is 39.7 Å². The number of halogens is 1. The summed E-state index contributed by atoms with van der Waals surface area (Å²) < 4.78 is 46.7. The molecule has 2 aliphatic carbocycles. The summed E-state index contributed by atoms with van der Waals surface area (Å²) in [5, 5.41) is 4.84. The van der Waals surface area contributed by atoms with Gasteiger partial charge in [0.05, 0.1) is 31.3 Å². The van der Waals surface area contributed by atoms with Crippen molar-refractivity contribution in [3.8, 4) is 11.6 Å². The zero-order chi connectivity index (χ0) is 39.1. The summed E-state index contributed by atoms with van der Waals surface area (Å²) in [6.07, 6.45) is 8.73. The van der Waals surface area contributed by atoms with Gasteiger partial charge in [-0.2, -0.15) is 0 Å². The molecule has 7 atom stereocenters. The molecule has 2 aromatic carbocycles. The summed E-state index contributed by atoms with van der Waals surface area (Å²) in [4.78, 5) is 42.5. The highest BCUT2D eigenvalue weighted by Crippen LogP contribution is 2.47. The van der Waals surface area contributed by atoms with Crippen LogP contribution < -0.4 is 19.1 Å². The Balaban J connectivity index is 1.34. The van der Waals surface area contributed by atoms with Gasteiger partial charge in [-0.15, -0.1) is 9.46 Å². The fourth-order valence-electron chi connectivity index (χ4n) is 8.65. The monoisotopic (exact) mass is 793 g/mol. The molecule has 2 aliphatic heterocycles. The van der Waals surface area contributed by atoms with E-state index in [4.69, 9.17) is 30.5 Å². The second kappa shape index (κ2) is 15.6. The van der Waals surface area contributed by atoms with Crippen molar-refractivity contribution >= 4 is 45.0 Å². The first-order valence-electron chi connectivity index (χ1n) is 18.7. The van der Waals surface area contributed by atoms with Crippen molar-refractivity contribution in [1.29, 1.82) is 0 Å². The van der Waals surface area contributed by atoms with Gasteiger partial charge in [0, 0.05) is 62.3 Å². The molecule has 3 aromatic rings. The highest BCUT2D eigenvalue weighted by Gasteiger charge is 2.44. The molecule has 1 aromatic heterocycles. The highest BCUT2D eigenvalue weighted by molar-refractivity contribution is 7.92. The van der Waals surface area contributed by atoms with Crippen LogP contribution >= 0.6 is 11.6 Å². The lowest BCUT2D eigenvalue weighted by Crippen LogP contribution is -2.49. The number of hydrogen-bond donors (Lipinski definition) is 1. The van der Waals surface area contributed by atoms with E-state index in [9.17, 15) is 18.6 Å². The normalized spacial score (nSPS) is 29.7. The van der Waals surface area contributed by atoms with Gasteiger partial charge < -0.3 is 23.8 Å². The Labute approximate surface area is 327 Å². The number of benzene rings is 2. The molecule has 0 saturated heterocycles. The predicted molar refractivity (Wildman–Crippen MR) is 208 cm³/mol. The lowest BCUT2D eigenvalue weighted by molar-refractivity contribution is -0.145. The largest absolute Gasteiger partial charge is 0.490 e. The van der Waals surface area contributed by atoms with E-state index in [-0.39, 0.29) is 46.1 Å². The Morgan fingerprint density at radius 1 is 1.11 bits per heavy atom. The van der Waals surface area contributed by atoms with Crippen LogP contribution in [0.25, 0.3) is 0 Å². The number of hydrogen-bond acceptors (Lipinski definition) is 10. The molecule has 3 heterocycles. The summed E-state index contributed by atoms with van der Waals surface area (Å²) in [5.74, 6) is -1.98. The number of rotatable bonds is 5. The number of ether oxygens (including phenoxy) is 4. The molecule has 1 spiro atoms. The number of methoxy groups -OCH3 is 2. The van der Waals surface area contributed by atoms with Gasteiger partial charge in [0.2, 0.25) is 5.88 Å². The molecule has 7 rings (SSSR count). The van der Waals surface area contributed by atoms with E-state index in [0.717, 1.165) is 37.8 Å². The maximum absolute atomic E-state index is 14.9. The Morgan fingerprint density at radius 2 is 1.91 bits per heavy atom. The molecular formula is C40H48ClN5O8S. The first-order chi connectivity index (χ1) is 26.3. The van der Waals surface area contributed by atoms with E-state index in [1.54, 1.807) is 45.4 Å². The first kappa shape index (κ1) is 38.9. The van der Waals surface area contributed by atoms with Gasteiger partial charge >= 0.3 is 5.97 Å². The van der Waals surface area contributed by atoms with Crippen molar-refractivity contribution in [2.75, 3.05) is 44.6 Å². The molecule has 15 heteroatoms. The lowest BCUT2D eigenvalue weighted by Gasteiger charge is -2.46. The number of esters is 1. The zero-order valence-corrected chi connectivity index (χ0v) is 33.4. The molecule has 0 radical (unpaired) electrons. The number of amides is 2. The number of anilines is 1. The van der Waals surface area contributed by atoms with Crippen molar-refractivity contribution in [3.63, 3.8) is 0 Å². The van der Waals surface area contributed by atoms with Crippen LogP contribution in [0.4, 0.5) is 5.69 Å². The standard InChI is InChI=1S/C40H48ClN5O8S/c1-24-21-55(50,44-38(49)31-20-45(3)42-39(31)52-5)43-37(48)27-9-13-36-33(18-27)46(19-28-8-11-30(28)35(51-4)15-14-34(24)54-25(2)47)22-40(23-53-36)16-6-7-26-17-29(41)10-12-32(26)40/h9-10,12-15,17-18,20,24,28,30,34-35H,6-8,11,16,19,21-23H2,1-5H3,(H,43,44,48,49,50)/b15-14+/t24-,28+,30-,34+,35+,40+,55+/m1/s1. The van der Waals surface area contributed by atoms with E-state index in [0.29, 0.717) is 30.5 Å². The lowest BCUT2D eigenvalue weighted by atomic mass is 9.68. The maximum atomic E-state index is 14.9. The van der Waals surface area contributed by atoms with Crippen molar-refractivity contribution < 1.29 is 37.5 Å². The average molecular weight is 794 g/mol. The van der Waals surface area contributed by atoms with Gasteiger partial charge in [-0.1, -0.05) is 30.7 Å². The summed E-state index contributed by atoms with van der Waals surface area (Å²) in [6, 6.07) is 11.3. The molecule has 1 N–H and O–H groups in total. The Morgan fingerprint density at radius 3 is 2.64 bits per heavy atom. The molecule has 13 nitrogen and oxygen atoms in total. The number of carbonyl (C=O) groups is 3. The van der Waals surface area contributed by atoms with Gasteiger partial charge in [-0.25, -0.2) is 4.21 Å². The quantitative estimate of drug-likeness (QED) is 0.252. The SMILES string of the molecule is COc1nn(C)cc1C(=O)N[S@@]1(=O)=NC(=O)c2ccc3c(c2)N(C[C@@H]2CC[C@H]2[C@@H](OC)/C=C/[C@H](OC(C)=O)[C@H](C)C1)C[C@@]1(CCCc2cc(Cl)ccc21)CO3. The molecule has 0 unspecified atom stereocenters. The Kier molecular flexibility index (Phi) is 11.0. The summed E-state index contributed by atoms with van der Waals surface area (Å²) in [6.45, 7) is 4.81. The van der Waals surface area contributed by atoms with Crippen LogP contribution in [0.3, 0.4) is 0 Å². The minimum atomic E-state index is -3.85. The summed E-state index contributed by atoms with van der Waals surface area (Å²) in [7, 11) is 0.805. The van der Waals surface area contributed by atoms with Crippen LogP contribution in [0.15, 0.2) is 59.1 Å². The fraction of sp³-hybridized carbons (Fsp3) is 0.500. The van der Waals surface area contributed by atoms with Crippen molar-refractivity contribution in [2.24, 2.45) is 29.2 Å². The maximum Gasteiger partial charge on any atom is 0.303 e. The number of aryl methyl sites for hydroxylation is 2. The summed E-state index contributed by atoms with van der Waals surface area (Å²) >= 11 is 6.46. The third kappa shape index (κ3) is 7.99. The number of nitrogens with one attached hydrogen (secondary N) is 1. The van der Waals surface area contributed by atoms with Gasteiger partial charge in [0.25, 0.3) is 11.8 Å². The average Bonchev–Trinajstić information content (AvgIpc) is 3.45. The molecular weight excluding hydrogens is 746 g/mol.